The molecular weight excluding hydrogens is 373 g/mol. The predicted molar refractivity (Wildman–Crippen MR) is 108 cm³/mol. The van der Waals surface area contributed by atoms with Crippen LogP contribution in [0.4, 0.5) is 14.9 Å². The molecule has 29 heavy (non-hydrogen) atoms. The molecule has 4 rings (SSSR count). The highest BCUT2D eigenvalue weighted by molar-refractivity contribution is 5.92. The van der Waals surface area contributed by atoms with Crippen LogP contribution in [0.5, 0.6) is 5.75 Å². The number of hydrogen-bond donors (Lipinski definition) is 2. The van der Waals surface area contributed by atoms with Crippen molar-refractivity contribution in [2.75, 3.05) is 12.4 Å². The van der Waals surface area contributed by atoms with Gasteiger partial charge in [-0.1, -0.05) is 24.3 Å². The number of hydrogen-bond acceptors (Lipinski definition) is 4. The number of para-hydroxylation sites is 2. The van der Waals surface area contributed by atoms with E-state index in [4.69, 9.17) is 9.15 Å². The number of urea groups is 1. The van der Waals surface area contributed by atoms with Crippen molar-refractivity contribution in [2.45, 2.75) is 6.54 Å². The highest BCUT2D eigenvalue weighted by Gasteiger charge is 2.13. The third-order valence-electron chi connectivity index (χ3n) is 4.35. The summed E-state index contributed by atoms with van der Waals surface area (Å²) in [6.07, 6.45) is 0. The van der Waals surface area contributed by atoms with E-state index in [2.05, 4.69) is 15.6 Å². The molecule has 0 atom stereocenters. The van der Waals surface area contributed by atoms with Crippen LogP contribution in [0, 0.1) is 5.82 Å². The van der Waals surface area contributed by atoms with Crippen LogP contribution >= 0.6 is 0 Å². The van der Waals surface area contributed by atoms with E-state index in [1.165, 1.54) is 19.2 Å². The summed E-state index contributed by atoms with van der Waals surface area (Å²) in [4.78, 5) is 16.8. The molecule has 6 nitrogen and oxygen atoms in total. The predicted octanol–water partition coefficient (Wildman–Crippen LogP) is 4.96. The minimum Gasteiger partial charge on any atom is -0.495 e. The van der Waals surface area contributed by atoms with Crippen LogP contribution in [-0.4, -0.2) is 18.1 Å². The van der Waals surface area contributed by atoms with Gasteiger partial charge in [0.1, 0.15) is 17.1 Å². The van der Waals surface area contributed by atoms with E-state index >= 15 is 0 Å². The van der Waals surface area contributed by atoms with Gasteiger partial charge in [-0.25, -0.2) is 14.2 Å². The minimum atomic E-state index is -0.414. The number of amides is 2. The third kappa shape index (κ3) is 4.19. The first-order valence-corrected chi connectivity index (χ1v) is 8.95. The molecule has 1 heterocycles. The number of ether oxygens (including phenoxy) is 1. The summed E-state index contributed by atoms with van der Waals surface area (Å²) in [6, 6.07) is 18.3. The lowest BCUT2D eigenvalue weighted by Gasteiger charge is -2.12. The molecule has 0 saturated heterocycles. The summed E-state index contributed by atoms with van der Waals surface area (Å²) in [6.45, 7) is 0.263. The fourth-order valence-corrected chi connectivity index (χ4v) is 2.89. The Morgan fingerprint density at radius 2 is 1.90 bits per heavy atom. The number of benzene rings is 3. The maximum atomic E-state index is 13.0. The monoisotopic (exact) mass is 391 g/mol. The molecule has 0 fully saturated rings. The summed E-state index contributed by atoms with van der Waals surface area (Å²) in [5.41, 5.74) is 3.41. The summed E-state index contributed by atoms with van der Waals surface area (Å²) >= 11 is 0. The summed E-state index contributed by atoms with van der Waals surface area (Å²) < 4.78 is 24.1. The van der Waals surface area contributed by atoms with Gasteiger partial charge in [0.2, 0.25) is 5.89 Å². The van der Waals surface area contributed by atoms with Crippen LogP contribution in [0.3, 0.4) is 0 Å². The molecule has 0 spiro atoms. The van der Waals surface area contributed by atoms with Gasteiger partial charge in [0.05, 0.1) is 12.8 Å². The number of carbonyl (C=O) groups is 1. The van der Waals surface area contributed by atoms with Gasteiger partial charge in [0, 0.05) is 12.1 Å². The topological polar surface area (TPSA) is 76.4 Å². The molecule has 1 aromatic heterocycles. The number of oxazole rings is 1. The second kappa shape index (κ2) is 8.02. The van der Waals surface area contributed by atoms with Gasteiger partial charge in [-0.05, 0) is 48.0 Å². The fourth-order valence-electron chi connectivity index (χ4n) is 2.89. The van der Waals surface area contributed by atoms with Crippen molar-refractivity contribution in [2.24, 2.45) is 0 Å². The van der Waals surface area contributed by atoms with Crippen LogP contribution in [0.25, 0.3) is 22.6 Å². The van der Waals surface area contributed by atoms with Crippen LogP contribution < -0.4 is 15.4 Å². The Bertz CT molecular complexity index is 1120. The van der Waals surface area contributed by atoms with Crippen molar-refractivity contribution in [3.05, 3.63) is 78.1 Å². The Balaban J connectivity index is 1.51. The molecule has 146 valence electrons. The van der Waals surface area contributed by atoms with E-state index < -0.39 is 6.03 Å². The number of aromatic nitrogens is 1. The average Bonchev–Trinajstić information content (AvgIpc) is 3.17. The van der Waals surface area contributed by atoms with E-state index in [9.17, 15) is 9.18 Å². The first-order valence-electron chi connectivity index (χ1n) is 8.95. The molecule has 0 aliphatic heterocycles. The Hall–Kier alpha value is -3.87. The largest absolute Gasteiger partial charge is 0.495 e. The molecule has 0 radical (unpaired) electrons. The Morgan fingerprint density at radius 1 is 1.10 bits per heavy atom. The van der Waals surface area contributed by atoms with Crippen molar-refractivity contribution in [3.8, 4) is 17.2 Å². The lowest BCUT2D eigenvalue weighted by Crippen LogP contribution is -2.28. The molecule has 0 aliphatic carbocycles. The smallest absolute Gasteiger partial charge is 0.319 e. The maximum Gasteiger partial charge on any atom is 0.319 e. The van der Waals surface area contributed by atoms with E-state index in [1.807, 2.05) is 30.3 Å². The van der Waals surface area contributed by atoms with E-state index in [1.54, 1.807) is 24.3 Å². The molecule has 2 amide bonds. The lowest BCUT2D eigenvalue weighted by molar-refractivity contribution is 0.251. The molecule has 7 heteroatoms. The van der Waals surface area contributed by atoms with Gasteiger partial charge in [-0.15, -0.1) is 0 Å². The molecule has 0 saturated carbocycles. The average molecular weight is 391 g/mol. The van der Waals surface area contributed by atoms with Crippen LogP contribution in [-0.2, 0) is 6.54 Å². The first kappa shape index (κ1) is 18.5. The highest BCUT2D eigenvalue weighted by atomic mass is 19.1. The van der Waals surface area contributed by atoms with Gasteiger partial charge in [0.15, 0.2) is 5.58 Å². The fraction of sp³-hybridized carbons (Fsp3) is 0.0909. The normalized spacial score (nSPS) is 10.7. The Labute approximate surface area is 166 Å². The second-order valence-corrected chi connectivity index (χ2v) is 6.34. The third-order valence-corrected chi connectivity index (χ3v) is 4.35. The van der Waals surface area contributed by atoms with Crippen molar-refractivity contribution in [3.63, 3.8) is 0 Å². The minimum absolute atomic E-state index is 0.263. The molecule has 4 aromatic rings. The second-order valence-electron chi connectivity index (χ2n) is 6.34. The number of nitrogens with zero attached hydrogens (tertiary/aromatic N) is 1. The number of methoxy groups -OCH3 is 1. The summed E-state index contributed by atoms with van der Waals surface area (Å²) in [5.74, 6) is 0.629. The summed E-state index contributed by atoms with van der Waals surface area (Å²) in [7, 11) is 1.52. The highest BCUT2D eigenvalue weighted by Crippen LogP contribution is 2.31. The molecule has 2 N–H and O–H groups in total. The van der Waals surface area contributed by atoms with Gasteiger partial charge in [0.25, 0.3) is 0 Å². The molecule has 0 unspecified atom stereocenters. The molecule has 3 aromatic carbocycles. The zero-order chi connectivity index (χ0) is 20.2. The summed E-state index contributed by atoms with van der Waals surface area (Å²) in [5, 5.41) is 5.50. The lowest BCUT2D eigenvalue weighted by atomic mass is 10.2. The van der Waals surface area contributed by atoms with Crippen molar-refractivity contribution in [1.29, 1.82) is 0 Å². The van der Waals surface area contributed by atoms with E-state index in [-0.39, 0.29) is 12.4 Å². The number of carbonyl (C=O) groups excluding carboxylic acids is 1. The number of fused-ring (bicyclic) bond motifs is 1. The number of nitrogens with one attached hydrogen (secondary N) is 2. The molecule has 0 aliphatic rings. The van der Waals surface area contributed by atoms with Gasteiger partial charge >= 0.3 is 6.03 Å². The zero-order valence-electron chi connectivity index (χ0n) is 15.6. The number of anilines is 1. The molecular formula is C22H18FN3O3. The van der Waals surface area contributed by atoms with E-state index in [0.717, 1.165) is 11.1 Å². The Morgan fingerprint density at radius 3 is 2.66 bits per heavy atom. The van der Waals surface area contributed by atoms with Crippen LogP contribution in [0.2, 0.25) is 0 Å². The van der Waals surface area contributed by atoms with Gasteiger partial charge in [-0.3, -0.25) is 0 Å². The van der Waals surface area contributed by atoms with Gasteiger partial charge < -0.3 is 19.8 Å². The Kier molecular flexibility index (Phi) is 5.11. The quantitative estimate of drug-likeness (QED) is 0.504. The van der Waals surface area contributed by atoms with E-state index in [0.29, 0.717) is 28.5 Å². The van der Waals surface area contributed by atoms with Gasteiger partial charge in [-0.2, -0.15) is 0 Å². The number of rotatable bonds is 5. The first-order chi connectivity index (χ1) is 14.1. The zero-order valence-corrected chi connectivity index (χ0v) is 15.6. The van der Waals surface area contributed by atoms with Crippen molar-refractivity contribution < 1.29 is 18.3 Å². The number of halogens is 1. The maximum absolute atomic E-state index is 13.0. The van der Waals surface area contributed by atoms with Crippen molar-refractivity contribution in [1.82, 2.24) is 10.3 Å². The van der Waals surface area contributed by atoms with Crippen molar-refractivity contribution >= 4 is 22.8 Å². The van der Waals surface area contributed by atoms with Crippen LogP contribution in [0.1, 0.15) is 5.56 Å². The van der Waals surface area contributed by atoms with Crippen LogP contribution in [0.15, 0.2) is 71.1 Å². The SMILES string of the molecule is COc1ccc(-c2nc3ccccc3o2)cc1NC(=O)NCc1ccc(F)cc1. The molecule has 0 bridgehead atoms. The standard InChI is InChI=1S/C22H18FN3O3/c1-28-19-11-8-15(21-25-17-4-2-3-5-20(17)29-21)12-18(19)26-22(27)24-13-14-6-9-16(23)10-7-14/h2-12H,13H2,1H3,(H2,24,26,27).